The molecule has 24 heavy (non-hydrogen) atoms. The average molecular weight is 349 g/mol. The van der Waals surface area contributed by atoms with E-state index in [1.807, 2.05) is 0 Å². The van der Waals surface area contributed by atoms with Gasteiger partial charge in [-0.3, -0.25) is 9.59 Å². The van der Waals surface area contributed by atoms with E-state index in [1.54, 1.807) is 28.9 Å². The van der Waals surface area contributed by atoms with Crippen LogP contribution in [0.25, 0.3) is 0 Å². The fourth-order valence-corrected chi connectivity index (χ4v) is 2.76. The summed E-state index contributed by atoms with van der Waals surface area (Å²) in [6, 6.07) is 3.25. The van der Waals surface area contributed by atoms with Crippen LogP contribution in [0.5, 0.6) is 0 Å². The van der Waals surface area contributed by atoms with Crippen molar-refractivity contribution in [3.05, 3.63) is 46.9 Å². The standard InChI is InChI=1S/C16H17ClN4O3/c1-11-14(19-10-24-11)16(23)21-6-2-5-20(7-8-21)15(22)13-4-3-12(17)9-18-13/h3-4,9-10H,2,5-8H2,1H3. The smallest absolute Gasteiger partial charge is 0.276 e. The van der Waals surface area contributed by atoms with Crippen LogP contribution in [0.15, 0.2) is 29.1 Å². The minimum Gasteiger partial charge on any atom is -0.448 e. The highest BCUT2D eigenvalue weighted by Gasteiger charge is 2.26. The van der Waals surface area contributed by atoms with E-state index >= 15 is 0 Å². The molecule has 0 bridgehead atoms. The van der Waals surface area contributed by atoms with Crippen molar-refractivity contribution in [3.63, 3.8) is 0 Å². The number of carbonyl (C=O) groups excluding carboxylic acids is 2. The molecule has 2 amide bonds. The van der Waals surface area contributed by atoms with Crippen LogP contribution in [0.1, 0.15) is 33.2 Å². The van der Waals surface area contributed by atoms with E-state index in [2.05, 4.69) is 9.97 Å². The van der Waals surface area contributed by atoms with Gasteiger partial charge in [0.2, 0.25) is 0 Å². The van der Waals surface area contributed by atoms with Crippen molar-refractivity contribution >= 4 is 23.4 Å². The Labute approximate surface area is 144 Å². The number of halogens is 1. The second-order valence-corrected chi connectivity index (χ2v) is 5.99. The Hall–Kier alpha value is -2.41. The summed E-state index contributed by atoms with van der Waals surface area (Å²) in [6.45, 7) is 3.75. The highest BCUT2D eigenvalue weighted by Crippen LogP contribution is 2.14. The largest absolute Gasteiger partial charge is 0.448 e. The van der Waals surface area contributed by atoms with Gasteiger partial charge in [0.05, 0.1) is 5.02 Å². The third kappa shape index (κ3) is 3.41. The van der Waals surface area contributed by atoms with Crippen LogP contribution in [0, 0.1) is 6.92 Å². The molecule has 2 aromatic rings. The zero-order chi connectivity index (χ0) is 17.1. The number of nitrogens with zero attached hydrogens (tertiary/aromatic N) is 4. The normalized spacial score (nSPS) is 15.2. The molecule has 1 saturated heterocycles. The predicted molar refractivity (Wildman–Crippen MR) is 86.9 cm³/mol. The van der Waals surface area contributed by atoms with Crippen molar-refractivity contribution in [1.82, 2.24) is 19.8 Å². The van der Waals surface area contributed by atoms with Crippen molar-refractivity contribution in [2.75, 3.05) is 26.2 Å². The third-order valence-electron chi connectivity index (χ3n) is 3.96. The van der Waals surface area contributed by atoms with Gasteiger partial charge in [-0.1, -0.05) is 11.6 Å². The lowest BCUT2D eigenvalue weighted by atomic mass is 10.3. The summed E-state index contributed by atoms with van der Waals surface area (Å²) in [6.07, 6.45) is 3.42. The van der Waals surface area contributed by atoms with Gasteiger partial charge >= 0.3 is 0 Å². The molecular formula is C16H17ClN4O3. The molecule has 0 unspecified atom stereocenters. The molecule has 8 heteroatoms. The Morgan fingerprint density at radius 1 is 1.08 bits per heavy atom. The zero-order valence-corrected chi connectivity index (χ0v) is 14.0. The van der Waals surface area contributed by atoms with Crippen LogP contribution in [0.3, 0.4) is 0 Å². The molecule has 0 atom stereocenters. The first-order valence-corrected chi connectivity index (χ1v) is 8.04. The number of hydrogen-bond acceptors (Lipinski definition) is 5. The molecule has 2 aromatic heterocycles. The number of amides is 2. The van der Waals surface area contributed by atoms with Crippen LogP contribution in [-0.2, 0) is 0 Å². The van der Waals surface area contributed by atoms with E-state index in [4.69, 9.17) is 16.0 Å². The first-order valence-electron chi connectivity index (χ1n) is 7.66. The fraction of sp³-hybridized carbons (Fsp3) is 0.375. The molecular weight excluding hydrogens is 332 g/mol. The Bertz CT molecular complexity index is 744. The minimum atomic E-state index is -0.167. The van der Waals surface area contributed by atoms with Gasteiger partial charge < -0.3 is 14.2 Å². The second kappa shape index (κ2) is 7.00. The van der Waals surface area contributed by atoms with Crippen LogP contribution in [-0.4, -0.2) is 57.8 Å². The number of pyridine rings is 1. The first-order chi connectivity index (χ1) is 11.6. The number of carbonyl (C=O) groups is 2. The molecule has 0 saturated carbocycles. The van der Waals surface area contributed by atoms with Gasteiger partial charge in [-0.25, -0.2) is 9.97 Å². The lowest BCUT2D eigenvalue weighted by Crippen LogP contribution is -2.37. The topological polar surface area (TPSA) is 79.5 Å². The monoisotopic (exact) mass is 348 g/mol. The number of aromatic nitrogens is 2. The van der Waals surface area contributed by atoms with Crippen molar-refractivity contribution in [1.29, 1.82) is 0 Å². The van der Waals surface area contributed by atoms with Gasteiger partial charge in [0.15, 0.2) is 12.1 Å². The van der Waals surface area contributed by atoms with Crippen LogP contribution < -0.4 is 0 Å². The highest BCUT2D eigenvalue weighted by atomic mass is 35.5. The van der Waals surface area contributed by atoms with Crippen LogP contribution >= 0.6 is 11.6 Å². The molecule has 3 rings (SSSR count). The summed E-state index contributed by atoms with van der Waals surface area (Å²) in [5, 5.41) is 0.488. The van der Waals surface area contributed by atoms with Gasteiger partial charge in [0, 0.05) is 32.4 Å². The van der Waals surface area contributed by atoms with Gasteiger partial charge in [-0.2, -0.15) is 0 Å². The Morgan fingerprint density at radius 3 is 2.38 bits per heavy atom. The molecule has 1 fully saturated rings. The quantitative estimate of drug-likeness (QED) is 0.829. The van der Waals surface area contributed by atoms with Crippen LogP contribution in [0.4, 0.5) is 0 Å². The van der Waals surface area contributed by atoms with Crippen molar-refractivity contribution < 1.29 is 14.0 Å². The maximum Gasteiger partial charge on any atom is 0.276 e. The molecule has 7 nitrogen and oxygen atoms in total. The molecule has 126 valence electrons. The average Bonchev–Trinajstić information content (AvgIpc) is 2.86. The van der Waals surface area contributed by atoms with Gasteiger partial charge in [-0.05, 0) is 25.5 Å². The van der Waals surface area contributed by atoms with Crippen LogP contribution in [0.2, 0.25) is 5.02 Å². The van der Waals surface area contributed by atoms with E-state index in [-0.39, 0.29) is 11.8 Å². The zero-order valence-electron chi connectivity index (χ0n) is 13.2. The fourth-order valence-electron chi connectivity index (χ4n) is 2.65. The number of rotatable bonds is 2. The summed E-state index contributed by atoms with van der Waals surface area (Å²) >= 11 is 5.80. The Morgan fingerprint density at radius 2 is 1.79 bits per heavy atom. The summed E-state index contributed by atoms with van der Waals surface area (Å²) in [4.78, 5) is 36.4. The predicted octanol–water partition coefficient (Wildman–Crippen LogP) is 2.02. The van der Waals surface area contributed by atoms with Gasteiger partial charge in [0.1, 0.15) is 11.5 Å². The SMILES string of the molecule is Cc1ocnc1C(=O)N1CCCN(C(=O)c2ccc(Cl)cn2)CC1. The lowest BCUT2D eigenvalue weighted by molar-refractivity contribution is 0.0712. The number of oxazole rings is 1. The summed E-state index contributed by atoms with van der Waals surface area (Å²) in [5.74, 6) is 0.182. The highest BCUT2D eigenvalue weighted by molar-refractivity contribution is 6.30. The van der Waals surface area contributed by atoms with E-state index in [0.717, 1.165) is 0 Å². The molecule has 0 spiro atoms. The van der Waals surface area contributed by atoms with Crippen molar-refractivity contribution in [2.45, 2.75) is 13.3 Å². The number of aryl methyl sites for hydroxylation is 1. The maximum absolute atomic E-state index is 12.5. The van der Waals surface area contributed by atoms with Crippen molar-refractivity contribution in [2.24, 2.45) is 0 Å². The molecule has 0 N–H and O–H groups in total. The molecule has 0 aromatic carbocycles. The van der Waals surface area contributed by atoms with E-state index in [0.29, 0.717) is 54.8 Å². The Balaban J connectivity index is 1.67. The summed E-state index contributed by atoms with van der Waals surface area (Å²) in [5.41, 5.74) is 0.681. The van der Waals surface area contributed by atoms with E-state index < -0.39 is 0 Å². The molecule has 0 aliphatic carbocycles. The van der Waals surface area contributed by atoms with Gasteiger partial charge in [0.25, 0.3) is 11.8 Å². The maximum atomic E-state index is 12.5. The van der Waals surface area contributed by atoms with E-state index in [1.165, 1.54) is 12.6 Å². The summed E-state index contributed by atoms with van der Waals surface area (Å²) in [7, 11) is 0. The van der Waals surface area contributed by atoms with Crippen molar-refractivity contribution in [3.8, 4) is 0 Å². The molecule has 0 radical (unpaired) electrons. The Kier molecular flexibility index (Phi) is 4.80. The van der Waals surface area contributed by atoms with E-state index in [9.17, 15) is 9.59 Å². The second-order valence-electron chi connectivity index (χ2n) is 5.56. The minimum absolute atomic E-state index is 0.154. The molecule has 1 aliphatic heterocycles. The number of hydrogen-bond donors (Lipinski definition) is 0. The molecule has 3 heterocycles. The summed E-state index contributed by atoms with van der Waals surface area (Å²) < 4.78 is 5.09. The lowest BCUT2D eigenvalue weighted by Gasteiger charge is -2.21. The first kappa shape index (κ1) is 16.4. The third-order valence-corrected chi connectivity index (χ3v) is 4.19. The molecule has 1 aliphatic rings. The van der Waals surface area contributed by atoms with Gasteiger partial charge in [-0.15, -0.1) is 0 Å².